The maximum absolute atomic E-state index is 13.3. The van der Waals surface area contributed by atoms with Crippen LogP contribution in [0.25, 0.3) is 0 Å². The van der Waals surface area contributed by atoms with E-state index in [2.05, 4.69) is 9.71 Å². The minimum absolute atomic E-state index is 0.0315. The fourth-order valence-electron chi connectivity index (χ4n) is 3.07. The summed E-state index contributed by atoms with van der Waals surface area (Å²) in [5.74, 6) is -1.75. The number of sulfonamides is 1. The molecule has 150 valence electrons. The van der Waals surface area contributed by atoms with Gasteiger partial charge in [-0.3, -0.25) is 9.52 Å². The van der Waals surface area contributed by atoms with Gasteiger partial charge in [-0.1, -0.05) is 0 Å². The molecule has 1 aromatic carbocycles. The van der Waals surface area contributed by atoms with Crippen molar-refractivity contribution in [2.75, 3.05) is 30.3 Å². The molecule has 0 aliphatic carbocycles. The summed E-state index contributed by atoms with van der Waals surface area (Å²) in [6, 6.07) is 5.28. The molecule has 1 aliphatic rings. The van der Waals surface area contributed by atoms with Crippen molar-refractivity contribution in [1.29, 1.82) is 0 Å². The summed E-state index contributed by atoms with van der Waals surface area (Å²) in [5, 5.41) is 0. The molecule has 2 heterocycles. The van der Waals surface area contributed by atoms with Gasteiger partial charge in [0.05, 0.1) is 5.69 Å². The van der Waals surface area contributed by atoms with Crippen LogP contribution in [0.1, 0.15) is 12.8 Å². The summed E-state index contributed by atoms with van der Waals surface area (Å²) >= 11 is 0. The van der Waals surface area contributed by atoms with Crippen molar-refractivity contribution >= 4 is 27.4 Å². The van der Waals surface area contributed by atoms with E-state index in [1.54, 1.807) is 14.1 Å². The number of amides is 1. The van der Waals surface area contributed by atoms with Gasteiger partial charge < -0.3 is 9.80 Å². The van der Waals surface area contributed by atoms with Crippen molar-refractivity contribution < 1.29 is 22.0 Å². The second-order valence-corrected chi connectivity index (χ2v) is 8.35. The van der Waals surface area contributed by atoms with Gasteiger partial charge in [-0.05, 0) is 37.1 Å². The zero-order valence-electron chi connectivity index (χ0n) is 15.4. The zero-order valence-corrected chi connectivity index (χ0v) is 16.2. The molecular weight excluding hydrogens is 390 g/mol. The van der Waals surface area contributed by atoms with Crippen LogP contribution in [0.15, 0.2) is 41.4 Å². The van der Waals surface area contributed by atoms with Crippen LogP contribution in [-0.4, -0.2) is 50.9 Å². The summed E-state index contributed by atoms with van der Waals surface area (Å²) in [4.78, 5) is 19.7. The number of nitrogens with zero attached hydrogens (tertiary/aromatic N) is 3. The Kier molecular flexibility index (Phi) is 5.50. The van der Waals surface area contributed by atoms with Gasteiger partial charge in [-0.15, -0.1) is 0 Å². The molecule has 0 radical (unpaired) electrons. The summed E-state index contributed by atoms with van der Waals surface area (Å²) in [6.45, 7) is 0.649. The number of anilines is 2. The van der Waals surface area contributed by atoms with E-state index in [0.29, 0.717) is 18.8 Å². The van der Waals surface area contributed by atoms with Crippen molar-refractivity contribution in [1.82, 2.24) is 9.88 Å². The molecule has 1 saturated heterocycles. The van der Waals surface area contributed by atoms with Crippen molar-refractivity contribution in [3.8, 4) is 0 Å². The molecule has 0 bridgehead atoms. The number of rotatable bonds is 5. The lowest BCUT2D eigenvalue weighted by atomic mass is 10.2. The van der Waals surface area contributed by atoms with E-state index in [4.69, 9.17) is 0 Å². The number of aromatic nitrogens is 1. The molecule has 2 aromatic rings. The molecule has 1 amide bonds. The van der Waals surface area contributed by atoms with Crippen molar-refractivity contribution in [3.05, 3.63) is 48.2 Å². The minimum Gasteiger partial charge on any atom is -0.347 e. The normalized spacial score (nSPS) is 16.9. The highest BCUT2D eigenvalue weighted by molar-refractivity contribution is 7.92. The summed E-state index contributed by atoms with van der Waals surface area (Å²) in [7, 11) is -0.649. The lowest BCUT2D eigenvalue weighted by Crippen LogP contribution is -2.43. The topological polar surface area (TPSA) is 82.6 Å². The molecule has 28 heavy (non-hydrogen) atoms. The van der Waals surface area contributed by atoms with E-state index in [0.717, 1.165) is 24.6 Å². The van der Waals surface area contributed by atoms with Crippen LogP contribution in [0.4, 0.5) is 20.3 Å². The quantitative estimate of drug-likeness (QED) is 0.817. The fourth-order valence-corrected chi connectivity index (χ4v) is 4.06. The van der Waals surface area contributed by atoms with Gasteiger partial charge in [0.2, 0.25) is 5.91 Å². The molecule has 1 fully saturated rings. The first-order valence-corrected chi connectivity index (χ1v) is 10.1. The van der Waals surface area contributed by atoms with Crippen LogP contribution < -0.4 is 9.62 Å². The third-order valence-corrected chi connectivity index (χ3v) is 5.84. The Labute approximate surface area is 162 Å². The van der Waals surface area contributed by atoms with Crippen molar-refractivity contribution in [2.24, 2.45) is 0 Å². The number of nitrogens with one attached hydrogen (secondary N) is 1. The number of carbonyl (C=O) groups excluding carboxylic acids is 1. The fraction of sp³-hybridized carbons (Fsp3) is 0.333. The van der Waals surface area contributed by atoms with Crippen LogP contribution in [-0.2, 0) is 14.8 Å². The number of pyridine rings is 1. The highest BCUT2D eigenvalue weighted by Gasteiger charge is 2.32. The molecule has 0 saturated carbocycles. The first-order valence-electron chi connectivity index (χ1n) is 8.61. The van der Waals surface area contributed by atoms with E-state index in [1.165, 1.54) is 23.2 Å². The van der Waals surface area contributed by atoms with Crippen LogP contribution in [0.3, 0.4) is 0 Å². The largest absolute Gasteiger partial charge is 0.347 e. The highest BCUT2D eigenvalue weighted by atomic mass is 32.2. The third kappa shape index (κ3) is 4.06. The third-order valence-electron chi connectivity index (χ3n) is 4.48. The predicted octanol–water partition coefficient (Wildman–Crippen LogP) is 2.22. The molecular formula is C18H20F2N4O3S. The average molecular weight is 410 g/mol. The molecule has 1 aromatic heterocycles. The number of carbonyl (C=O) groups is 1. The minimum atomic E-state index is -4.02. The lowest BCUT2D eigenvalue weighted by molar-refractivity contribution is -0.129. The number of hydrogen-bond acceptors (Lipinski definition) is 5. The predicted molar refractivity (Wildman–Crippen MR) is 100 cm³/mol. The monoisotopic (exact) mass is 410 g/mol. The highest BCUT2D eigenvalue weighted by Crippen LogP contribution is 2.26. The SMILES string of the molecule is CN(C)C(=O)C1CCCN1c1ccc(S(=O)(=O)Nc2ccc(F)c(F)c2)cn1. The van der Waals surface area contributed by atoms with E-state index in [9.17, 15) is 22.0 Å². The molecule has 7 nitrogen and oxygen atoms in total. The van der Waals surface area contributed by atoms with Gasteiger partial charge in [-0.2, -0.15) is 0 Å². The van der Waals surface area contributed by atoms with Gasteiger partial charge >= 0.3 is 0 Å². The second kappa shape index (κ2) is 7.70. The molecule has 1 aliphatic heterocycles. The van der Waals surface area contributed by atoms with Crippen LogP contribution in [0.5, 0.6) is 0 Å². The van der Waals surface area contributed by atoms with Gasteiger partial charge in [0.15, 0.2) is 11.6 Å². The Hall–Kier alpha value is -2.75. The Morgan fingerprint density at radius 1 is 1.21 bits per heavy atom. The van der Waals surface area contributed by atoms with E-state index < -0.39 is 21.7 Å². The standard InChI is InChI=1S/C18H20F2N4O3S/c1-23(2)18(25)16-4-3-9-24(16)17-8-6-13(11-21-17)28(26,27)22-12-5-7-14(19)15(20)10-12/h5-8,10-11,16,22H,3-4,9H2,1-2H3. The molecule has 1 atom stereocenters. The first kappa shape index (κ1) is 20.0. The molecule has 1 N–H and O–H groups in total. The van der Waals surface area contributed by atoms with Crippen LogP contribution >= 0.6 is 0 Å². The summed E-state index contributed by atoms with van der Waals surface area (Å²) < 4.78 is 53.4. The first-order chi connectivity index (χ1) is 13.2. The van der Waals surface area contributed by atoms with Crippen molar-refractivity contribution in [3.63, 3.8) is 0 Å². The maximum Gasteiger partial charge on any atom is 0.263 e. The molecule has 3 rings (SSSR count). The van der Waals surface area contributed by atoms with Gasteiger partial charge in [0.1, 0.15) is 16.8 Å². The Morgan fingerprint density at radius 3 is 2.57 bits per heavy atom. The number of halogens is 2. The molecule has 1 unspecified atom stereocenters. The summed E-state index contributed by atoms with van der Waals surface area (Å²) in [5.41, 5.74) is -0.0980. The number of likely N-dealkylation sites (N-methyl/N-ethyl adjacent to an activating group) is 1. The zero-order chi connectivity index (χ0) is 20.5. The van der Waals surface area contributed by atoms with Crippen molar-refractivity contribution in [2.45, 2.75) is 23.8 Å². The maximum atomic E-state index is 13.3. The average Bonchev–Trinajstić information content (AvgIpc) is 3.13. The molecule has 10 heteroatoms. The second-order valence-electron chi connectivity index (χ2n) is 6.67. The van der Waals surface area contributed by atoms with E-state index in [-0.39, 0.29) is 22.5 Å². The van der Waals surface area contributed by atoms with Gasteiger partial charge in [-0.25, -0.2) is 22.2 Å². The lowest BCUT2D eigenvalue weighted by Gasteiger charge is -2.27. The number of hydrogen-bond donors (Lipinski definition) is 1. The van der Waals surface area contributed by atoms with Crippen LogP contribution in [0, 0.1) is 11.6 Å². The van der Waals surface area contributed by atoms with Crippen LogP contribution in [0.2, 0.25) is 0 Å². The number of benzene rings is 1. The molecule has 0 spiro atoms. The Balaban J connectivity index is 1.79. The Morgan fingerprint density at radius 2 is 1.96 bits per heavy atom. The van der Waals surface area contributed by atoms with E-state index >= 15 is 0 Å². The van der Waals surface area contributed by atoms with Gasteiger partial charge in [0.25, 0.3) is 10.0 Å². The smallest absolute Gasteiger partial charge is 0.263 e. The summed E-state index contributed by atoms with van der Waals surface area (Å²) in [6.07, 6.45) is 2.72. The van der Waals surface area contributed by atoms with E-state index in [1.807, 2.05) is 4.90 Å². The Bertz CT molecular complexity index is 981. The van der Waals surface area contributed by atoms with Gasteiger partial charge in [0, 0.05) is 32.9 Å².